The Bertz CT molecular complexity index is 565. The molecule has 1 nitrogen and oxygen atoms in total. The Morgan fingerprint density at radius 1 is 1.15 bits per heavy atom. The maximum Gasteiger partial charge on any atom is 0.129 e. The van der Waals surface area contributed by atoms with Crippen molar-refractivity contribution < 1.29 is 8.78 Å². The van der Waals surface area contributed by atoms with Crippen molar-refractivity contribution in [3.05, 3.63) is 56.2 Å². The third kappa shape index (κ3) is 3.87. The van der Waals surface area contributed by atoms with E-state index in [-0.39, 0.29) is 17.6 Å². The number of thiophene rings is 1. The van der Waals surface area contributed by atoms with E-state index in [0.29, 0.717) is 6.42 Å². The molecule has 1 aromatic heterocycles. The highest BCUT2D eigenvalue weighted by Gasteiger charge is 2.15. The van der Waals surface area contributed by atoms with E-state index in [0.717, 1.165) is 3.79 Å². The van der Waals surface area contributed by atoms with Crippen LogP contribution in [0.5, 0.6) is 0 Å². The van der Waals surface area contributed by atoms with E-state index in [1.54, 1.807) is 11.3 Å². The fourth-order valence-corrected chi connectivity index (χ4v) is 3.60. The Morgan fingerprint density at radius 3 is 2.35 bits per heavy atom. The number of halogens is 3. The van der Waals surface area contributed by atoms with Gasteiger partial charge in [-0.25, -0.2) is 8.78 Å². The summed E-state index contributed by atoms with van der Waals surface area (Å²) in [5.74, 6) is -0.963. The highest BCUT2D eigenvalue weighted by molar-refractivity contribution is 9.11. The molecule has 0 aliphatic heterocycles. The van der Waals surface area contributed by atoms with Crippen molar-refractivity contribution in [1.82, 2.24) is 5.32 Å². The van der Waals surface area contributed by atoms with Crippen molar-refractivity contribution in [3.8, 4) is 0 Å². The minimum absolute atomic E-state index is 0.0164. The molecule has 2 rings (SSSR count). The zero-order valence-corrected chi connectivity index (χ0v) is 13.7. The van der Waals surface area contributed by atoms with Gasteiger partial charge in [-0.1, -0.05) is 6.07 Å². The number of hydrogen-bond donors (Lipinski definition) is 1. The summed E-state index contributed by atoms with van der Waals surface area (Å²) in [6.45, 7) is 3.98. The van der Waals surface area contributed by atoms with Crippen LogP contribution < -0.4 is 5.32 Å². The largest absolute Gasteiger partial charge is 0.307 e. The predicted octanol–water partition coefficient (Wildman–Crippen LogP) is 5.07. The molecular weight excluding hydrogens is 344 g/mol. The van der Waals surface area contributed by atoms with Gasteiger partial charge < -0.3 is 5.32 Å². The van der Waals surface area contributed by atoms with Gasteiger partial charge in [-0.15, -0.1) is 11.3 Å². The first-order chi connectivity index (χ1) is 9.47. The van der Waals surface area contributed by atoms with Crippen molar-refractivity contribution >= 4 is 27.3 Å². The second-order valence-corrected chi connectivity index (χ2v) is 7.33. The van der Waals surface area contributed by atoms with Gasteiger partial charge in [0.25, 0.3) is 0 Å². The molecule has 1 N–H and O–H groups in total. The van der Waals surface area contributed by atoms with Crippen LogP contribution in [0.3, 0.4) is 0 Å². The summed E-state index contributed by atoms with van der Waals surface area (Å²) in [5, 5.41) is 3.37. The van der Waals surface area contributed by atoms with Crippen molar-refractivity contribution in [1.29, 1.82) is 0 Å². The molecule has 5 heteroatoms. The number of nitrogens with one attached hydrogen (secondary N) is 1. The fraction of sp³-hybridized carbons (Fsp3) is 0.333. The van der Waals surface area contributed by atoms with Crippen LogP contribution in [0.15, 0.2) is 34.1 Å². The van der Waals surface area contributed by atoms with Crippen molar-refractivity contribution in [2.24, 2.45) is 0 Å². The van der Waals surface area contributed by atoms with Gasteiger partial charge in [-0.2, -0.15) is 0 Å². The van der Waals surface area contributed by atoms with Crippen molar-refractivity contribution in [2.75, 3.05) is 0 Å². The summed E-state index contributed by atoms with van der Waals surface area (Å²) < 4.78 is 28.3. The highest BCUT2D eigenvalue weighted by Crippen LogP contribution is 2.27. The van der Waals surface area contributed by atoms with Crippen LogP contribution in [0.25, 0.3) is 0 Å². The van der Waals surface area contributed by atoms with E-state index in [1.165, 1.54) is 23.1 Å². The minimum atomic E-state index is -0.481. The molecule has 2 unspecified atom stereocenters. The van der Waals surface area contributed by atoms with Gasteiger partial charge in [-0.05, 0) is 60.5 Å². The van der Waals surface area contributed by atoms with Gasteiger partial charge in [0.2, 0.25) is 0 Å². The first kappa shape index (κ1) is 15.6. The van der Waals surface area contributed by atoms with Gasteiger partial charge in [0, 0.05) is 22.5 Å². The Morgan fingerprint density at radius 2 is 1.80 bits per heavy atom. The van der Waals surface area contributed by atoms with Crippen molar-refractivity contribution in [2.45, 2.75) is 32.4 Å². The molecule has 0 fully saturated rings. The first-order valence-corrected chi connectivity index (χ1v) is 8.02. The van der Waals surface area contributed by atoms with Crippen LogP contribution in [-0.2, 0) is 6.42 Å². The Labute approximate surface area is 130 Å². The normalized spacial score (nSPS) is 14.2. The second kappa shape index (κ2) is 6.78. The molecule has 108 valence electrons. The lowest BCUT2D eigenvalue weighted by atomic mass is 10.0. The maximum absolute atomic E-state index is 13.6. The van der Waals surface area contributed by atoms with Crippen LogP contribution in [0.2, 0.25) is 0 Å². The second-order valence-electron chi connectivity index (χ2n) is 4.84. The van der Waals surface area contributed by atoms with E-state index >= 15 is 0 Å². The SMILES string of the molecule is CC(Cc1c(F)cccc1F)NC(C)c1ccc(Br)s1. The molecule has 2 atom stereocenters. The zero-order chi connectivity index (χ0) is 14.7. The van der Waals surface area contributed by atoms with Crippen molar-refractivity contribution in [3.63, 3.8) is 0 Å². The van der Waals surface area contributed by atoms with Crippen LogP contribution in [0.1, 0.15) is 30.3 Å². The summed E-state index contributed by atoms with van der Waals surface area (Å²) >= 11 is 5.09. The fourth-order valence-electron chi connectivity index (χ4n) is 2.16. The zero-order valence-electron chi connectivity index (χ0n) is 11.3. The van der Waals surface area contributed by atoms with E-state index in [2.05, 4.69) is 21.2 Å². The molecule has 2 aromatic rings. The standard InChI is InChI=1S/C15H16BrF2NS/c1-9(8-11-12(17)4-3-5-13(11)18)19-10(2)14-6-7-15(16)20-14/h3-7,9-10,19H,8H2,1-2H3. The molecule has 1 heterocycles. The average molecular weight is 360 g/mol. The molecule has 0 saturated heterocycles. The summed E-state index contributed by atoms with van der Waals surface area (Å²) in [7, 11) is 0. The smallest absolute Gasteiger partial charge is 0.129 e. The van der Waals surface area contributed by atoms with Crippen LogP contribution in [-0.4, -0.2) is 6.04 Å². The molecule has 0 bridgehead atoms. The Hall–Kier alpha value is -0.780. The maximum atomic E-state index is 13.6. The Balaban J connectivity index is 2.00. The lowest BCUT2D eigenvalue weighted by Gasteiger charge is -2.19. The molecule has 0 amide bonds. The molecule has 1 aromatic carbocycles. The first-order valence-electron chi connectivity index (χ1n) is 6.41. The monoisotopic (exact) mass is 359 g/mol. The molecule has 20 heavy (non-hydrogen) atoms. The quantitative estimate of drug-likeness (QED) is 0.785. The van der Waals surface area contributed by atoms with Gasteiger partial charge in [0.1, 0.15) is 11.6 Å². The van der Waals surface area contributed by atoms with Crippen LogP contribution >= 0.6 is 27.3 Å². The molecule has 0 saturated carbocycles. The minimum Gasteiger partial charge on any atom is -0.307 e. The summed E-state index contributed by atoms with van der Waals surface area (Å²) in [4.78, 5) is 1.19. The van der Waals surface area contributed by atoms with Crippen LogP contribution in [0, 0.1) is 11.6 Å². The van der Waals surface area contributed by atoms with E-state index in [9.17, 15) is 8.78 Å². The Kier molecular flexibility index (Phi) is 5.29. The number of rotatable bonds is 5. The number of hydrogen-bond acceptors (Lipinski definition) is 2. The van der Waals surface area contributed by atoms with Gasteiger partial charge in [0.05, 0.1) is 3.79 Å². The van der Waals surface area contributed by atoms with Gasteiger partial charge in [0.15, 0.2) is 0 Å². The summed E-state index contributed by atoms with van der Waals surface area (Å²) in [5.41, 5.74) is 0.145. The van der Waals surface area contributed by atoms with E-state index in [4.69, 9.17) is 0 Å². The summed E-state index contributed by atoms with van der Waals surface area (Å²) in [6.07, 6.45) is 0.329. The lowest BCUT2D eigenvalue weighted by Crippen LogP contribution is -2.30. The average Bonchev–Trinajstić information content (AvgIpc) is 2.81. The third-order valence-corrected chi connectivity index (χ3v) is 4.93. The molecule has 0 aliphatic carbocycles. The number of benzene rings is 1. The highest BCUT2D eigenvalue weighted by atomic mass is 79.9. The molecular formula is C15H16BrF2NS. The summed E-state index contributed by atoms with van der Waals surface area (Å²) in [6, 6.07) is 8.16. The topological polar surface area (TPSA) is 12.0 Å². The molecule has 0 aliphatic rings. The van der Waals surface area contributed by atoms with Gasteiger partial charge >= 0.3 is 0 Å². The predicted molar refractivity (Wildman–Crippen MR) is 83.1 cm³/mol. The van der Waals surface area contributed by atoms with Gasteiger partial charge in [-0.3, -0.25) is 0 Å². The van der Waals surface area contributed by atoms with Crippen LogP contribution in [0.4, 0.5) is 8.78 Å². The lowest BCUT2D eigenvalue weighted by molar-refractivity contribution is 0.461. The molecule has 0 radical (unpaired) electrons. The van der Waals surface area contributed by atoms with E-state index in [1.807, 2.05) is 26.0 Å². The third-order valence-electron chi connectivity index (χ3n) is 3.13. The molecule has 0 spiro atoms. The van der Waals surface area contributed by atoms with E-state index < -0.39 is 11.6 Å².